The van der Waals surface area contributed by atoms with Gasteiger partial charge in [-0.1, -0.05) is 6.07 Å². The smallest absolute Gasteiger partial charge is 0.310 e. The maximum absolute atomic E-state index is 14.3. The van der Waals surface area contributed by atoms with Crippen molar-refractivity contribution in [1.29, 1.82) is 0 Å². The first-order valence-electron chi connectivity index (χ1n) is 7.74. The number of halogens is 2. The summed E-state index contributed by atoms with van der Waals surface area (Å²) in [5, 5.41) is 11.8. The minimum atomic E-state index is -1.19. The van der Waals surface area contributed by atoms with Gasteiger partial charge in [-0.05, 0) is 32.8 Å². The van der Waals surface area contributed by atoms with Gasteiger partial charge in [-0.3, -0.25) is 9.59 Å². The molecule has 1 aromatic rings. The third kappa shape index (κ3) is 3.56. The number of aliphatic carboxylic acids is 1. The largest absolute Gasteiger partial charge is 0.481 e. The standard InChI is InChI=1S/C17H21F2NO4/c1-16(2,15(22)23)10-20-14(21)17(5-7-24-8-6-17)12-4-3-11(18)9-13(12)19/h3-4,9H,5-8,10H2,1-2H3,(H,20,21)(H,22,23). The number of hydrogen-bond acceptors (Lipinski definition) is 3. The summed E-state index contributed by atoms with van der Waals surface area (Å²) in [7, 11) is 0. The van der Waals surface area contributed by atoms with E-state index < -0.39 is 34.3 Å². The number of hydrogen-bond donors (Lipinski definition) is 2. The van der Waals surface area contributed by atoms with E-state index in [2.05, 4.69) is 5.32 Å². The van der Waals surface area contributed by atoms with Gasteiger partial charge in [-0.25, -0.2) is 8.78 Å². The molecule has 1 aliphatic rings. The van der Waals surface area contributed by atoms with Crippen LogP contribution in [0.3, 0.4) is 0 Å². The van der Waals surface area contributed by atoms with Crippen LogP contribution in [-0.2, 0) is 19.7 Å². The van der Waals surface area contributed by atoms with E-state index in [1.807, 2.05) is 0 Å². The van der Waals surface area contributed by atoms with E-state index in [9.17, 15) is 18.4 Å². The lowest BCUT2D eigenvalue weighted by Crippen LogP contribution is -2.51. The second kappa shape index (κ2) is 6.84. The summed E-state index contributed by atoms with van der Waals surface area (Å²) in [6, 6.07) is 3.14. The van der Waals surface area contributed by atoms with Crippen LogP contribution in [0.25, 0.3) is 0 Å². The van der Waals surface area contributed by atoms with Crippen molar-refractivity contribution in [3.8, 4) is 0 Å². The molecule has 0 aromatic heterocycles. The molecule has 0 unspecified atom stereocenters. The Kier molecular flexibility index (Phi) is 5.22. The Labute approximate surface area is 139 Å². The normalized spacial score (nSPS) is 17.3. The molecule has 132 valence electrons. The summed E-state index contributed by atoms with van der Waals surface area (Å²) >= 11 is 0. The van der Waals surface area contributed by atoms with Crippen LogP contribution in [0.15, 0.2) is 18.2 Å². The first-order chi connectivity index (χ1) is 11.2. The zero-order valence-corrected chi connectivity index (χ0v) is 13.7. The lowest BCUT2D eigenvalue weighted by Gasteiger charge is -2.37. The number of carboxylic acids is 1. The fourth-order valence-corrected chi connectivity index (χ4v) is 2.76. The number of nitrogens with one attached hydrogen (secondary N) is 1. The van der Waals surface area contributed by atoms with E-state index in [-0.39, 0.29) is 38.2 Å². The number of carbonyl (C=O) groups is 2. The summed E-state index contributed by atoms with van der Waals surface area (Å²) in [5.41, 5.74) is -2.23. The highest BCUT2D eigenvalue weighted by Crippen LogP contribution is 2.37. The number of carbonyl (C=O) groups excluding carboxylic acids is 1. The molecule has 0 bridgehead atoms. The van der Waals surface area contributed by atoms with Crippen molar-refractivity contribution in [1.82, 2.24) is 5.32 Å². The van der Waals surface area contributed by atoms with Crippen molar-refractivity contribution in [2.75, 3.05) is 19.8 Å². The molecule has 0 radical (unpaired) electrons. The zero-order chi connectivity index (χ0) is 18.0. The van der Waals surface area contributed by atoms with E-state index in [1.54, 1.807) is 0 Å². The fourth-order valence-electron chi connectivity index (χ4n) is 2.76. The maximum atomic E-state index is 14.3. The molecule has 7 heteroatoms. The predicted octanol–water partition coefficient (Wildman–Crippen LogP) is 2.24. The van der Waals surface area contributed by atoms with Gasteiger partial charge in [0.15, 0.2) is 0 Å². The highest BCUT2D eigenvalue weighted by Gasteiger charge is 2.44. The zero-order valence-electron chi connectivity index (χ0n) is 13.7. The van der Waals surface area contributed by atoms with E-state index in [0.717, 1.165) is 12.1 Å². The monoisotopic (exact) mass is 341 g/mol. The first-order valence-corrected chi connectivity index (χ1v) is 7.74. The van der Waals surface area contributed by atoms with Crippen LogP contribution >= 0.6 is 0 Å². The van der Waals surface area contributed by atoms with Gasteiger partial charge in [-0.15, -0.1) is 0 Å². The number of benzene rings is 1. The average Bonchev–Trinajstić information content (AvgIpc) is 2.53. The SMILES string of the molecule is CC(C)(CNC(=O)C1(c2ccc(F)cc2F)CCOCC1)C(=O)O. The number of ether oxygens (including phenoxy) is 1. The average molecular weight is 341 g/mol. The first kappa shape index (κ1) is 18.3. The Morgan fingerprint density at radius 2 is 1.92 bits per heavy atom. The predicted molar refractivity (Wildman–Crippen MR) is 82.5 cm³/mol. The molecular formula is C17H21F2NO4. The van der Waals surface area contributed by atoms with Crippen LogP contribution in [0.2, 0.25) is 0 Å². The van der Waals surface area contributed by atoms with Gasteiger partial charge in [0.1, 0.15) is 11.6 Å². The van der Waals surface area contributed by atoms with Crippen LogP contribution in [0, 0.1) is 17.0 Å². The van der Waals surface area contributed by atoms with Gasteiger partial charge in [0.2, 0.25) is 5.91 Å². The highest BCUT2D eigenvalue weighted by molar-refractivity contribution is 5.89. The summed E-state index contributed by atoms with van der Waals surface area (Å²) in [6.45, 7) is 3.43. The molecule has 2 rings (SSSR count). The number of amides is 1. The summed E-state index contributed by atoms with van der Waals surface area (Å²) in [4.78, 5) is 24.0. The van der Waals surface area contributed by atoms with Crippen LogP contribution < -0.4 is 5.32 Å². The summed E-state index contributed by atoms with van der Waals surface area (Å²) in [6.07, 6.45) is 0.490. The molecule has 1 amide bonds. The van der Waals surface area contributed by atoms with Crippen LogP contribution in [-0.4, -0.2) is 36.7 Å². The Hall–Kier alpha value is -2.02. The summed E-state index contributed by atoms with van der Waals surface area (Å²) in [5.74, 6) is -3.02. The topological polar surface area (TPSA) is 75.6 Å². The van der Waals surface area contributed by atoms with Gasteiger partial charge in [0.25, 0.3) is 0 Å². The van der Waals surface area contributed by atoms with Crippen LogP contribution in [0.5, 0.6) is 0 Å². The molecule has 1 aliphatic heterocycles. The fraction of sp³-hybridized carbons (Fsp3) is 0.529. The Morgan fingerprint density at radius 1 is 1.29 bits per heavy atom. The summed E-state index contributed by atoms with van der Waals surface area (Å²) < 4.78 is 32.8. The van der Waals surface area contributed by atoms with Crippen molar-refractivity contribution in [2.45, 2.75) is 32.1 Å². The highest BCUT2D eigenvalue weighted by atomic mass is 19.1. The lowest BCUT2D eigenvalue weighted by molar-refractivity contribution is -0.147. The second-order valence-electron chi connectivity index (χ2n) is 6.69. The Morgan fingerprint density at radius 3 is 2.46 bits per heavy atom. The lowest BCUT2D eigenvalue weighted by atomic mass is 9.73. The van der Waals surface area contributed by atoms with Crippen molar-refractivity contribution in [2.24, 2.45) is 5.41 Å². The van der Waals surface area contributed by atoms with Crippen molar-refractivity contribution in [3.05, 3.63) is 35.4 Å². The number of rotatable bonds is 5. The van der Waals surface area contributed by atoms with Gasteiger partial charge in [0, 0.05) is 31.4 Å². The molecule has 1 fully saturated rings. The number of carboxylic acid groups (broad SMARTS) is 1. The molecular weight excluding hydrogens is 320 g/mol. The van der Waals surface area contributed by atoms with Gasteiger partial charge in [-0.2, -0.15) is 0 Å². The molecule has 2 N–H and O–H groups in total. The van der Waals surface area contributed by atoms with E-state index in [1.165, 1.54) is 19.9 Å². The molecule has 1 saturated heterocycles. The molecule has 0 spiro atoms. The minimum absolute atomic E-state index is 0.0907. The Balaban J connectivity index is 2.31. The van der Waals surface area contributed by atoms with Crippen LogP contribution in [0.4, 0.5) is 8.78 Å². The molecule has 24 heavy (non-hydrogen) atoms. The third-order valence-corrected chi connectivity index (χ3v) is 4.50. The van der Waals surface area contributed by atoms with E-state index in [4.69, 9.17) is 9.84 Å². The molecule has 0 atom stereocenters. The minimum Gasteiger partial charge on any atom is -0.481 e. The third-order valence-electron chi connectivity index (χ3n) is 4.50. The van der Waals surface area contributed by atoms with E-state index in [0.29, 0.717) is 0 Å². The van der Waals surface area contributed by atoms with Crippen molar-refractivity contribution in [3.63, 3.8) is 0 Å². The molecule has 0 saturated carbocycles. The van der Waals surface area contributed by atoms with Crippen molar-refractivity contribution >= 4 is 11.9 Å². The molecule has 1 heterocycles. The van der Waals surface area contributed by atoms with Gasteiger partial charge >= 0.3 is 5.97 Å². The second-order valence-corrected chi connectivity index (χ2v) is 6.69. The van der Waals surface area contributed by atoms with Crippen molar-refractivity contribution < 1.29 is 28.2 Å². The van der Waals surface area contributed by atoms with E-state index >= 15 is 0 Å². The molecule has 0 aliphatic carbocycles. The Bertz CT molecular complexity index is 639. The maximum Gasteiger partial charge on any atom is 0.310 e. The van der Waals surface area contributed by atoms with Crippen LogP contribution in [0.1, 0.15) is 32.3 Å². The van der Waals surface area contributed by atoms with Gasteiger partial charge in [0.05, 0.1) is 10.8 Å². The molecule has 5 nitrogen and oxygen atoms in total. The van der Waals surface area contributed by atoms with Gasteiger partial charge < -0.3 is 15.2 Å². The quantitative estimate of drug-likeness (QED) is 0.861. The molecule has 1 aromatic carbocycles.